The zero-order valence-corrected chi connectivity index (χ0v) is 17.5. The quantitative estimate of drug-likeness (QED) is 0.545. The third-order valence-corrected chi connectivity index (χ3v) is 6.26. The second kappa shape index (κ2) is 9.47. The molecule has 2 atom stereocenters. The Balaban J connectivity index is 1.24. The predicted molar refractivity (Wildman–Crippen MR) is 114 cm³/mol. The van der Waals surface area contributed by atoms with E-state index in [1.165, 1.54) is 0 Å². The molecule has 3 saturated heterocycles. The largest absolute Gasteiger partial charge is 0.383 e. The number of piperidine rings is 2. The lowest BCUT2D eigenvalue weighted by atomic mass is 9.93. The van der Waals surface area contributed by atoms with E-state index < -0.39 is 0 Å². The van der Waals surface area contributed by atoms with Crippen molar-refractivity contribution >= 4 is 23.7 Å². The van der Waals surface area contributed by atoms with E-state index in [1.807, 2.05) is 35.2 Å². The number of carbonyl (C=O) groups excluding carboxylic acids is 3. The van der Waals surface area contributed by atoms with Gasteiger partial charge in [0, 0.05) is 38.2 Å². The molecule has 31 heavy (non-hydrogen) atoms. The maximum absolute atomic E-state index is 12.9. The first-order valence-corrected chi connectivity index (χ1v) is 10.9. The molecule has 0 aromatic heterocycles. The molecule has 9 heteroatoms. The van der Waals surface area contributed by atoms with Gasteiger partial charge < -0.3 is 25.6 Å². The van der Waals surface area contributed by atoms with Crippen LogP contribution in [0.15, 0.2) is 35.3 Å². The first-order valence-electron chi connectivity index (χ1n) is 10.9. The molecule has 3 heterocycles. The Morgan fingerprint density at radius 1 is 1.10 bits per heavy atom. The standard InChI is InChI=1S/C22H29N5O4/c23-21(16-4-2-1-3-5-16)25-19(28)12-15-6-9-26(10-7-15)22(30)27-11-8-18-17(13-27)24-20(29)14-31-18/h1-5,15,17-18H,6-14H2,(H,24,29)(H2,23,25,28)/t17-,18+/m1/s1. The number of urea groups is 1. The number of benzene rings is 1. The molecule has 3 fully saturated rings. The lowest BCUT2D eigenvalue weighted by molar-refractivity contribution is -0.139. The third-order valence-electron chi connectivity index (χ3n) is 6.26. The number of morpholine rings is 1. The first kappa shape index (κ1) is 21.3. The van der Waals surface area contributed by atoms with Crippen molar-refractivity contribution in [1.29, 1.82) is 0 Å². The average molecular weight is 428 g/mol. The molecular weight excluding hydrogens is 398 g/mol. The molecule has 0 spiro atoms. The Bertz CT molecular complexity index is 851. The molecule has 1 aromatic rings. The van der Waals surface area contributed by atoms with Gasteiger partial charge in [0.25, 0.3) is 0 Å². The van der Waals surface area contributed by atoms with Gasteiger partial charge in [0.1, 0.15) is 12.4 Å². The van der Waals surface area contributed by atoms with Crippen molar-refractivity contribution in [2.24, 2.45) is 16.6 Å². The zero-order chi connectivity index (χ0) is 21.8. The van der Waals surface area contributed by atoms with Gasteiger partial charge >= 0.3 is 6.03 Å². The number of carbonyl (C=O) groups is 3. The minimum absolute atomic E-state index is 0.00519. The van der Waals surface area contributed by atoms with Crippen LogP contribution in [0, 0.1) is 5.92 Å². The number of hydrogen-bond donors (Lipinski definition) is 2. The Hall–Kier alpha value is -2.94. The Labute approximate surface area is 181 Å². The topological polar surface area (TPSA) is 117 Å². The number of nitrogens with one attached hydrogen (secondary N) is 1. The van der Waals surface area contributed by atoms with Gasteiger partial charge in [0.15, 0.2) is 0 Å². The molecule has 4 rings (SSSR count). The number of amides is 4. The highest BCUT2D eigenvalue weighted by molar-refractivity contribution is 6.04. The van der Waals surface area contributed by atoms with Crippen LogP contribution < -0.4 is 11.1 Å². The van der Waals surface area contributed by atoms with Crippen LogP contribution in [0.25, 0.3) is 0 Å². The summed E-state index contributed by atoms with van der Waals surface area (Å²) in [7, 11) is 0. The molecule has 0 saturated carbocycles. The van der Waals surface area contributed by atoms with Crippen molar-refractivity contribution in [3.63, 3.8) is 0 Å². The monoisotopic (exact) mass is 427 g/mol. The highest BCUT2D eigenvalue weighted by Crippen LogP contribution is 2.24. The number of nitrogens with two attached hydrogens (primary N) is 1. The van der Waals surface area contributed by atoms with Crippen LogP contribution in [0.2, 0.25) is 0 Å². The summed E-state index contributed by atoms with van der Waals surface area (Å²) >= 11 is 0. The summed E-state index contributed by atoms with van der Waals surface area (Å²) in [5.41, 5.74) is 6.67. The van der Waals surface area contributed by atoms with Gasteiger partial charge in [-0.1, -0.05) is 30.3 Å². The summed E-state index contributed by atoms with van der Waals surface area (Å²) < 4.78 is 5.56. The van der Waals surface area contributed by atoms with Crippen molar-refractivity contribution in [3.05, 3.63) is 35.9 Å². The van der Waals surface area contributed by atoms with Crippen LogP contribution in [-0.4, -0.2) is 78.4 Å². The molecule has 4 amide bonds. The molecule has 9 nitrogen and oxygen atoms in total. The van der Waals surface area contributed by atoms with Crippen LogP contribution >= 0.6 is 0 Å². The highest BCUT2D eigenvalue weighted by Gasteiger charge is 2.38. The summed E-state index contributed by atoms with van der Waals surface area (Å²) in [6, 6.07) is 9.10. The SMILES string of the molecule is NC(=NC(=O)CC1CCN(C(=O)N2CC[C@@H]3OCC(=O)N[C@@H]3C2)CC1)c1ccccc1. The van der Waals surface area contributed by atoms with Gasteiger partial charge in [-0.2, -0.15) is 4.99 Å². The Morgan fingerprint density at radius 3 is 2.55 bits per heavy atom. The average Bonchev–Trinajstić information content (AvgIpc) is 2.79. The number of amidine groups is 1. The van der Waals surface area contributed by atoms with E-state index in [9.17, 15) is 14.4 Å². The summed E-state index contributed by atoms with van der Waals surface area (Å²) in [5.74, 6) is 0.0823. The van der Waals surface area contributed by atoms with Crippen molar-refractivity contribution in [1.82, 2.24) is 15.1 Å². The van der Waals surface area contributed by atoms with Gasteiger partial charge in [-0.3, -0.25) is 9.59 Å². The van der Waals surface area contributed by atoms with Gasteiger partial charge in [0.05, 0.1) is 12.1 Å². The van der Waals surface area contributed by atoms with E-state index >= 15 is 0 Å². The van der Waals surface area contributed by atoms with Crippen molar-refractivity contribution in [2.45, 2.75) is 37.8 Å². The molecule has 0 bridgehead atoms. The summed E-state index contributed by atoms with van der Waals surface area (Å²) in [6.07, 6.45) is 2.58. The molecule has 0 unspecified atom stereocenters. The third kappa shape index (κ3) is 5.22. The molecule has 1 aromatic carbocycles. The van der Waals surface area contributed by atoms with E-state index in [-0.39, 0.29) is 48.4 Å². The Kier molecular flexibility index (Phi) is 6.50. The first-order chi connectivity index (χ1) is 15.0. The van der Waals surface area contributed by atoms with Crippen LogP contribution in [0.5, 0.6) is 0 Å². The molecular formula is C22H29N5O4. The van der Waals surface area contributed by atoms with E-state index in [0.29, 0.717) is 32.6 Å². The van der Waals surface area contributed by atoms with E-state index in [1.54, 1.807) is 4.90 Å². The van der Waals surface area contributed by atoms with Crippen LogP contribution in [-0.2, 0) is 14.3 Å². The molecule has 166 valence electrons. The lowest BCUT2D eigenvalue weighted by Crippen LogP contribution is -2.62. The number of rotatable bonds is 3. The number of fused-ring (bicyclic) bond motifs is 1. The van der Waals surface area contributed by atoms with Gasteiger partial charge in [-0.05, 0) is 25.2 Å². The summed E-state index contributed by atoms with van der Waals surface area (Å²) in [6.45, 7) is 2.43. The minimum Gasteiger partial charge on any atom is -0.383 e. The lowest BCUT2D eigenvalue weighted by Gasteiger charge is -2.43. The van der Waals surface area contributed by atoms with Crippen molar-refractivity contribution < 1.29 is 19.1 Å². The molecule has 0 radical (unpaired) electrons. The minimum atomic E-state index is -0.221. The maximum atomic E-state index is 12.9. The number of hydrogen-bond acceptors (Lipinski definition) is 4. The fourth-order valence-electron chi connectivity index (χ4n) is 4.50. The predicted octanol–water partition coefficient (Wildman–Crippen LogP) is 0.730. The number of nitrogens with zero attached hydrogens (tertiary/aromatic N) is 3. The smallest absolute Gasteiger partial charge is 0.320 e. The molecule has 3 aliphatic rings. The number of ether oxygens (including phenoxy) is 1. The maximum Gasteiger partial charge on any atom is 0.320 e. The fourth-order valence-corrected chi connectivity index (χ4v) is 4.50. The number of likely N-dealkylation sites (tertiary alicyclic amines) is 2. The molecule has 3 aliphatic heterocycles. The van der Waals surface area contributed by atoms with E-state index in [0.717, 1.165) is 24.8 Å². The summed E-state index contributed by atoms with van der Waals surface area (Å²) in [5, 5.41) is 2.93. The second-order valence-corrected chi connectivity index (χ2v) is 8.43. The van der Waals surface area contributed by atoms with Gasteiger partial charge in [-0.15, -0.1) is 0 Å². The van der Waals surface area contributed by atoms with Crippen molar-refractivity contribution in [2.75, 3.05) is 32.8 Å². The number of aliphatic imine (C=N–C) groups is 1. The normalized spacial score (nSPS) is 25.0. The van der Waals surface area contributed by atoms with Crippen molar-refractivity contribution in [3.8, 4) is 0 Å². The highest BCUT2D eigenvalue weighted by atomic mass is 16.5. The van der Waals surface area contributed by atoms with Gasteiger partial charge in [0.2, 0.25) is 11.8 Å². The van der Waals surface area contributed by atoms with E-state index in [2.05, 4.69) is 10.3 Å². The van der Waals surface area contributed by atoms with Crippen LogP contribution in [0.3, 0.4) is 0 Å². The van der Waals surface area contributed by atoms with Gasteiger partial charge in [-0.25, -0.2) is 4.79 Å². The second-order valence-electron chi connectivity index (χ2n) is 8.43. The van der Waals surface area contributed by atoms with Crippen LogP contribution in [0.1, 0.15) is 31.2 Å². The zero-order valence-electron chi connectivity index (χ0n) is 17.5. The van der Waals surface area contributed by atoms with E-state index in [4.69, 9.17) is 10.5 Å². The summed E-state index contributed by atoms with van der Waals surface area (Å²) in [4.78, 5) is 44.5. The molecule has 3 N–H and O–H groups in total. The fraction of sp³-hybridized carbons (Fsp3) is 0.545. The van der Waals surface area contributed by atoms with Crippen LogP contribution in [0.4, 0.5) is 4.79 Å². The molecule has 0 aliphatic carbocycles. The Morgan fingerprint density at radius 2 is 1.81 bits per heavy atom.